The SMILES string of the molecule is CCCCCCOc1ccc(C)c(F)c1-c1ccc(SCCCC(=O)O)c(F)c1. The van der Waals surface area contributed by atoms with E-state index in [1.807, 2.05) is 0 Å². The highest BCUT2D eigenvalue weighted by atomic mass is 32.2. The number of thioether (sulfide) groups is 1. The van der Waals surface area contributed by atoms with Gasteiger partial charge in [0.05, 0.1) is 12.2 Å². The van der Waals surface area contributed by atoms with Gasteiger partial charge in [0.1, 0.15) is 17.4 Å². The van der Waals surface area contributed by atoms with Gasteiger partial charge in [0.25, 0.3) is 0 Å². The maximum Gasteiger partial charge on any atom is 0.303 e. The van der Waals surface area contributed by atoms with Crippen molar-refractivity contribution in [1.82, 2.24) is 0 Å². The Morgan fingerprint density at radius 2 is 1.90 bits per heavy atom. The van der Waals surface area contributed by atoms with Gasteiger partial charge in [0.2, 0.25) is 0 Å². The van der Waals surface area contributed by atoms with Crippen molar-refractivity contribution in [3.8, 4) is 16.9 Å². The molecule has 6 heteroatoms. The molecule has 0 aliphatic heterocycles. The highest BCUT2D eigenvalue weighted by Crippen LogP contribution is 2.36. The fourth-order valence-corrected chi connectivity index (χ4v) is 3.81. The van der Waals surface area contributed by atoms with Crippen LogP contribution in [0.4, 0.5) is 8.78 Å². The monoisotopic (exact) mass is 422 g/mol. The molecule has 3 nitrogen and oxygen atoms in total. The summed E-state index contributed by atoms with van der Waals surface area (Å²) in [5.74, 6) is -0.785. The third-order valence-corrected chi connectivity index (χ3v) is 5.70. The third kappa shape index (κ3) is 7.03. The molecular formula is C23H28F2O3S. The molecule has 0 saturated heterocycles. The van der Waals surface area contributed by atoms with Gasteiger partial charge in [-0.25, -0.2) is 8.78 Å². The van der Waals surface area contributed by atoms with Crippen LogP contribution in [0.2, 0.25) is 0 Å². The molecule has 29 heavy (non-hydrogen) atoms. The Morgan fingerprint density at radius 1 is 1.10 bits per heavy atom. The summed E-state index contributed by atoms with van der Waals surface area (Å²) < 4.78 is 35.3. The molecule has 0 amide bonds. The van der Waals surface area contributed by atoms with Crippen molar-refractivity contribution in [2.24, 2.45) is 0 Å². The first-order valence-electron chi connectivity index (χ1n) is 10.0. The molecule has 0 saturated carbocycles. The highest BCUT2D eigenvalue weighted by Gasteiger charge is 2.17. The second-order valence-corrected chi connectivity index (χ2v) is 8.11. The van der Waals surface area contributed by atoms with Crippen LogP contribution in [0.15, 0.2) is 35.2 Å². The van der Waals surface area contributed by atoms with Crippen molar-refractivity contribution >= 4 is 17.7 Å². The maximum atomic E-state index is 14.9. The second kappa shape index (κ2) is 11.8. The van der Waals surface area contributed by atoms with Gasteiger partial charge in [0.15, 0.2) is 0 Å². The molecule has 0 aromatic heterocycles. The second-order valence-electron chi connectivity index (χ2n) is 6.97. The zero-order valence-electron chi connectivity index (χ0n) is 17.0. The number of aryl methyl sites for hydroxylation is 1. The van der Waals surface area contributed by atoms with Gasteiger partial charge in [-0.15, -0.1) is 11.8 Å². The Hall–Kier alpha value is -2.08. The van der Waals surface area contributed by atoms with Crippen molar-refractivity contribution in [3.05, 3.63) is 47.5 Å². The summed E-state index contributed by atoms with van der Waals surface area (Å²) in [7, 11) is 0. The Labute approximate surface area is 175 Å². The molecule has 0 aliphatic rings. The number of hydrogen-bond acceptors (Lipinski definition) is 3. The Kier molecular flexibility index (Phi) is 9.45. The largest absolute Gasteiger partial charge is 0.493 e. The average molecular weight is 423 g/mol. The number of carboxylic acids is 1. The number of carboxylic acid groups (broad SMARTS) is 1. The van der Waals surface area contributed by atoms with Gasteiger partial charge in [0, 0.05) is 11.3 Å². The summed E-state index contributed by atoms with van der Waals surface area (Å²) in [6.07, 6.45) is 4.73. The van der Waals surface area contributed by atoms with E-state index in [0.29, 0.717) is 40.6 Å². The summed E-state index contributed by atoms with van der Waals surface area (Å²) in [6, 6.07) is 8.03. The van der Waals surface area contributed by atoms with Crippen LogP contribution < -0.4 is 4.74 Å². The minimum Gasteiger partial charge on any atom is -0.493 e. The molecule has 0 unspecified atom stereocenters. The van der Waals surface area contributed by atoms with E-state index in [9.17, 15) is 13.6 Å². The molecule has 0 bridgehead atoms. The van der Waals surface area contributed by atoms with Crippen molar-refractivity contribution < 1.29 is 23.4 Å². The summed E-state index contributed by atoms with van der Waals surface area (Å²) in [4.78, 5) is 11.0. The Morgan fingerprint density at radius 3 is 2.59 bits per heavy atom. The lowest BCUT2D eigenvalue weighted by Crippen LogP contribution is -2.01. The fourth-order valence-electron chi connectivity index (χ4n) is 2.94. The first-order chi connectivity index (χ1) is 13.9. The quantitative estimate of drug-likeness (QED) is 0.300. The average Bonchev–Trinajstić information content (AvgIpc) is 2.68. The zero-order chi connectivity index (χ0) is 21.2. The minimum atomic E-state index is -0.862. The molecular weight excluding hydrogens is 394 g/mol. The lowest BCUT2D eigenvalue weighted by Gasteiger charge is -2.15. The van der Waals surface area contributed by atoms with Crippen LogP contribution in [0, 0.1) is 18.6 Å². The van der Waals surface area contributed by atoms with Crippen LogP contribution in [0.3, 0.4) is 0 Å². The third-order valence-electron chi connectivity index (χ3n) is 4.57. The van der Waals surface area contributed by atoms with Gasteiger partial charge in [-0.1, -0.05) is 38.3 Å². The van der Waals surface area contributed by atoms with Gasteiger partial charge in [-0.05, 0) is 54.8 Å². The molecule has 0 radical (unpaired) electrons. The molecule has 0 aliphatic carbocycles. The zero-order valence-corrected chi connectivity index (χ0v) is 17.8. The number of rotatable bonds is 12. The summed E-state index contributed by atoms with van der Waals surface area (Å²) in [5.41, 5.74) is 1.19. The van der Waals surface area contributed by atoms with Crippen LogP contribution in [0.5, 0.6) is 5.75 Å². The Bertz CT molecular complexity index is 824. The number of aliphatic carboxylic acids is 1. The smallest absolute Gasteiger partial charge is 0.303 e. The first kappa shape index (κ1) is 23.2. The maximum absolute atomic E-state index is 14.9. The van der Waals surface area contributed by atoms with Crippen molar-refractivity contribution in [1.29, 1.82) is 0 Å². The number of unbranched alkanes of at least 4 members (excludes halogenated alkanes) is 3. The van der Waals surface area contributed by atoms with Crippen molar-refractivity contribution in [3.63, 3.8) is 0 Å². The molecule has 2 aromatic carbocycles. The summed E-state index contributed by atoms with van der Waals surface area (Å²) >= 11 is 1.26. The number of halogens is 2. The Balaban J connectivity index is 2.16. The number of benzene rings is 2. The normalized spacial score (nSPS) is 10.9. The highest BCUT2D eigenvalue weighted by molar-refractivity contribution is 7.99. The topological polar surface area (TPSA) is 46.5 Å². The molecule has 158 valence electrons. The van der Waals surface area contributed by atoms with E-state index in [-0.39, 0.29) is 12.0 Å². The van der Waals surface area contributed by atoms with Crippen LogP contribution in [-0.2, 0) is 4.79 Å². The van der Waals surface area contributed by atoms with E-state index < -0.39 is 17.6 Å². The van der Waals surface area contributed by atoms with Crippen LogP contribution >= 0.6 is 11.8 Å². The predicted octanol–water partition coefficient (Wildman–Crippen LogP) is 6.86. The van der Waals surface area contributed by atoms with Crippen LogP contribution in [0.1, 0.15) is 51.0 Å². The van der Waals surface area contributed by atoms with Gasteiger partial charge < -0.3 is 9.84 Å². The molecule has 2 rings (SSSR count). The molecule has 0 spiro atoms. The lowest BCUT2D eigenvalue weighted by atomic mass is 10.0. The molecule has 0 fully saturated rings. The standard InChI is InChI=1S/C23H28F2O3S/c1-3-4-5-6-13-28-19-11-9-16(2)23(25)22(19)17-10-12-20(18(24)15-17)29-14-7-8-21(26)27/h9-12,15H,3-8,13-14H2,1-2H3,(H,26,27). The van der Waals surface area contributed by atoms with E-state index in [1.165, 1.54) is 17.8 Å². The number of carbonyl (C=O) groups is 1. The van der Waals surface area contributed by atoms with E-state index in [0.717, 1.165) is 25.7 Å². The minimum absolute atomic E-state index is 0.0557. The molecule has 1 N–H and O–H groups in total. The number of ether oxygens (including phenoxy) is 1. The van der Waals surface area contributed by atoms with E-state index in [2.05, 4.69) is 6.92 Å². The van der Waals surface area contributed by atoms with Crippen molar-refractivity contribution in [2.45, 2.75) is 57.3 Å². The summed E-state index contributed by atoms with van der Waals surface area (Å²) in [5, 5.41) is 8.68. The van der Waals surface area contributed by atoms with E-state index >= 15 is 0 Å². The first-order valence-corrected chi connectivity index (χ1v) is 11.0. The predicted molar refractivity (Wildman–Crippen MR) is 114 cm³/mol. The van der Waals surface area contributed by atoms with Crippen molar-refractivity contribution in [2.75, 3.05) is 12.4 Å². The molecule has 0 atom stereocenters. The fraction of sp³-hybridized carbons (Fsp3) is 0.435. The van der Waals surface area contributed by atoms with Gasteiger partial charge in [-0.2, -0.15) is 0 Å². The summed E-state index contributed by atoms with van der Waals surface area (Å²) in [6.45, 7) is 4.30. The van der Waals surface area contributed by atoms with E-state index in [4.69, 9.17) is 9.84 Å². The molecule has 0 heterocycles. The lowest BCUT2D eigenvalue weighted by molar-refractivity contribution is -0.137. The van der Waals surface area contributed by atoms with E-state index in [1.54, 1.807) is 31.2 Å². The van der Waals surface area contributed by atoms with Crippen LogP contribution in [0.25, 0.3) is 11.1 Å². The molecule has 2 aromatic rings. The number of hydrogen-bond donors (Lipinski definition) is 1. The van der Waals surface area contributed by atoms with Crippen LogP contribution in [-0.4, -0.2) is 23.4 Å². The van der Waals surface area contributed by atoms with Gasteiger partial charge >= 0.3 is 5.97 Å². The van der Waals surface area contributed by atoms with Gasteiger partial charge in [-0.3, -0.25) is 4.79 Å².